The van der Waals surface area contributed by atoms with Gasteiger partial charge in [0.25, 0.3) is 0 Å². The van der Waals surface area contributed by atoms with Crippen molar-refractivity contribution in [1.82, 2.24) is 5.32 Å². The number of amidine groups is 1. The monoisotopic (exact) mass is 567 g/mol. The van der Waals surface area contributed by atoms with Crippen molar-refractivity contribution in [1.29, 1.82) is 5.41 Å². The van der Waals surface area contributed by atoms with E-state index >= 15 is 0 Å². The second-order valence-corrected chi connectivity index (χ2v) is 11.3. The van der Waals surface area contributed by atoms with Gasteiger partial charge in [0.2, 0.25) is 10.0 Å². The second kappa shape index (κ2) is 8.87. The van der Waals surface area contributed by atoms with Crippen LogP contribution in [-0.4, -0.2) is 25.5 Å². The highest BCUT2D eigenvalue weighted by Gasteiger charge is 2.46. The summed E-state index contributed by atoms with van der Waals surface area (Å²) >= 11 is 9.20. The van der Waals surface area contributed by atoms with Gasteiger partial charge >= 0.3 is 0 Å². The first-order valence-corrected chi connectivity index (χ1v) is 13.5. The smallest absolute Gasteiger partial charge is 0.238 e. The van der Waals surface area contributed by atoms with Crippen LogP contribution in [0.15, 0.2) is 88.4 Å². The first-order valence-electron chi connectivity index (χ1n) is 10.8. The van der Waals surface area contributed by atoms with E-state index in [-0.39, 0.29) is 17.0 Å². The van der Waals surface area contributed by atoms with Crippen LogP contribution in [0.25, 0.3) is 5.57 Å². The van der Waals surface area contributed by atoms with Crippen LogP contribution >= 0.6 is 28.1 Å². The van der Waals surface area contributed by atoms with Crippen LogP contribution in [0.2, 0.25) is 0 Å². The maximum absolute atomic E-state index is 11.7. The molecule has 2 aliphatic heterocycles. The van der Waals surface area contributed by atoms with Gasteiger partial charge in [-0.05, 0) is 78.8 Å². The molecule has 0 spiro atoms. The molecule has 2 heterocycles. The molecule has 1 fully saturated rings. The Balaban J connectivity index is 1.58. The van der Waals surface area contributed by atoms with E-state index in [2.05, 4.69) is 21.2 Å². The van der Waals surface area contributed by atoms with Gasteiger partial charge in [-0.2, -0.15) is 0 Å². The molecular weight excluding hydrogens is 546 g/mol. The van der Waals surface area contributed by atoms with Crippen molar-refractivity contribution in [2.45, 2.75) is 18.0 Å². The van der Waals surface area contributed by atoms with Gasteiger partial charge in [-0.3, -0.25) is 10.3 Å². The van der Waals surface area contributed by atoms with Crippen LogP contribution in [-0.2, 0) is 10.0 Å². The Hall–Kier alpha value is -3.05. The van der Waals surface area contributed by atoms with E-state index in [9.17, 15) is 13.8 Å². The average Bonchev–Trinajstić information content (AvgIpc) is 3.20. The molecule has 1 saturated heterocycles. The lowest BCUT2D eigenvalue weighted by atomic mass is 9.90. The standard InChI is InChI=1S/C25H22BrN5O2S2/c1-15-2-8-19(9-3-15)31-23(27)22-21(16-4-6-17(26)7-5-16)14-30(24(22)29-25(31)34)18-10-12-20(13-11-18)35(28,32)33/h2-14,22,24,27H,1H3,(H,29,34)(H2,28,32,33). The summed E-state index contributed by atoms with van der Waals surface area (Å²) in [4.78, 5) is 3.79. The zero-order chi connectivity index (χ0) is 24.9. The molecule has 0 saturated carbocycles. The number of hydrogen-bond acceptors (Lipinski definition) is 5. The van der Waals surface area contributed by atoms with Crippen molar-refractivity contribution < 1.29 is 8.42 Å². The second-order valence-electron chi connectivity index (χ2n) is 8.47. The minimum absolute atomic E-state index is 0.0412. The summed E-state index contributed by atoms with van der Waals surface area (Å²) in [5.41, 5.74) is 4.64. The number of nitrogens with zero attached hydrogens (tertiary/aromatic N) is 2. The highest BCUT2D eigenvalue weighted by atomic mass is 79.9. The molecule has 7 nitrogen and oxygen atoms in total. The number of hydrogen-bond donors (Lipinski definition) is 3. The van der Waals surface area contributed by atoms with Gasteiger partial charge in [0, 0.05) is 22.0 Å². The van der Waals surface area contributed by atoms with Gasteiger partial charge in [0.05, 0.1) is 10.8 Å². The highest BCUT2D eigenvalue weighted by molar-refractivity contribution is 9.10. The number of halogens is 1. The summed E-state index contributed by atoms with van der Waals surface area (Å²) in [6.07, 6.45) is 1.64. The van der Waals surface area contributed by atoms with Crippen molar-refractivity contribution in [3.05, 3.63) is 94.6 Å². The molecule has 2 atom stereocenters. The number of benzene rings is 3. The van der Waals surface area contributed by atoms with Gasteiger partial charge < -0.3 is 10.2 Å². The fourth-order valence-electron chi connectivity index (χ4n) is 4.42. The molecule has 0 aromatic heterocycles. The van der Waals surface area contributed by atoms with Crippen molar-refractivity contribution in [2.24, 2.45) is 11.1 Å². The molecule has 2 aliphatic rings. The van der Waals surface area contributed by atoms with Gasteiger partial charge in [-0.25, -0.2) is 13.6 Å². The van der Waals surface area contributed by atoms with E-state index in [1.807, 2.05) is 66.6 Å². The zero-order valence-electron chi connectivity index (χ0n) is 18.6. The minimum Gasteiger partial charge on any atom is -0.341 e. The Bertz CT molecular complexity index is 1450. The summed E-state index contributed by atoms with van der Waals surface area (Å²) < 4.78 is 24.4. The fourth-order valence-corrected chi connectivity index (χ4v) is 5.52. The Morgan fingerprint density at radius 1 is 0.971 bits per heavy atom. The molecular formula is C25H22BrN5O2S2. The molecule has 0 radical (unpaired) electrons. The van der Waals surface area contributed by atoms with Gasteiger partial charge in [0.1, 0.15) is 12.0 Å². The molecule has 0 bridgehead atoms. The predicted octanol–water partition coefficient (Wildman–Crippen LogP) is 4.58. The Morgan fingerprint density at radius 2 is 1.57 bits per heavy atom. The van der Waals surface area contributed by atoms with Crippen molar-refractivity contribution >= 4 is 66.1 Å². The summed E-state index contributed by atoms with van der Waals surface area (Å²) in [5.74, 6) is 0.0301. The number of sulfonamides is 1. The number of thiocarbonyl (C=S) groups is 1. The number of anilines is 2. The van der Waals surface area contributed by atoms with E-state index in [4.69, 9.17) is 17.4 Å². The maximum atomic E-state index is 11.7. The number of nitrogens with two attached hydrogens (primary N) is 1. The van der Waals surface area contributed by atoms with Crippen LogP contribution in [0.1, 0.15) is 11.1 Å². The van der Waals surface area contributed by atoms with Crippen molar-refractivity contribution in [2.75, 3.05) is 9.80 Å². The SMILES string of the molecule is Cc1ccc(N2C(=N)C3C(c4ccc(Br)cc4)=CN(c4ccc(S(N)(=O)=O)cc4)C3NC2=S)cc1. The third-order valence-corrected chi connectivity index (χ3v) is 7.93. The Kier molecular flexibility index (Phi) is 6.00. The summed E-state index contributed by atoms with van der Waals surface area (Å²) in [6.45, 7) is 2.02. The Labute approximate surface area is 217 Å². The molecule has 0 aliphatic carbocycles. The largest absolute Gasteiger partial charge is 0.341 e. The Morgan fingerprint density at radius 3 is 2.17 bits per heavy atom. The van der Waals surface area contributed by atoms with E-state index in [0.717, 1.165) is 32.5 Å². The molecule has 2 unspecified atom stereocenters. The third kappa shape index (κ3) is 4.38. The molecule has 35 heavy (non-hydrogen) atoms. The fraction of sp³-hybridized carbons (Fsp3) is 0.120. The van der Waals surface area contributed by atoms with Crippen molar-refractivity contribution in [3.63, 3.8) is 0 Å². The highest BCUT2D eigenvalue weighted by Crippen LogP contribution is 2.41. The topological polar surface area (TPSA) is 103 Å². The lowest BCUT2D eigenvalue weighted by molar-refractivity contribution is 0.571. The van der Waals surface area contributed by atoms with Crippen LogP contribution in [0.4, 0.5) is 11.4 Å². The van der Waals surface area contributed by atoms with E-state index in [0.29, 0.717) is 10.9 Å². The minimum atomic E-state index is -3.80. The van der Waals surface area contributed by atoms with Gasteiger partial charge in [-0.1, -0.05) is 45.8 Å². The summed E-state index contributed by atoms with van der Waals surface area (Å²) in [7, 11) is -3.80. The number of nitrogens with one attached hydrogen (secondary N) is 2. The third-order valence-electron chi connectivity index (χ3n) is 6.17. The van der Waals surface area contributed by atoms with Crippen LogP contribution in [0.3, 0.4) is 0 Å². The lowest BCUT2D eigenvalue weighted by Gasteiger charge is -2.42. The maximum Gasteiger partial charge on any atom is 0.238 e. The van der Waals surface area contributed by atoms with Crippen molar-refractivity contribution in [3.8, 4) is 0 Å². The predicted molar refractivity (Wildman–Crippen MR) is 147 cm³/mol. The average molecular weight is 569 g/mol. The molecule has 3 aromatic carbocycles. The molecule has 3 aromatic rings. The van der Waals surface area contributed by atoms with Gasteiger partial charge in [-0.15, -0.1) is 0 Å². The quantitative estimate of drug-likeness (QED) is 0.399. The lowest BCUT2D eigenvalue weighted by Crippen LogP contribution is -2.62. The van der Waals surface area contributed by atoms with Crippen LogP contribution in [0.5, 0.6) is 0 Å². The van der Waals surface area contributed by atoms with E-state index < -0.39 is 10.0 Å². The molecule has 178 valence electrons. The van der Waals surface area contributed by atoms with E-state index in [1.54, 1.807) is 17.0 Å². The normalized spacial score (nSPS) is 19.9. The molecule has 0 amide bonds. The van der Waals surface area contributed by atoms with Gasteiger partial charge in [0.15, 0.2) is 5.11 Å². The number of primary sulfonamides is 1. The van der Waals surface area contributed by atoms with Crippen LogP contribution < -0.4 is 20.3 Å². The number of fused-ring (bicyclic) bond motifs is 1. The van der Waals surface area contributed by atoms with E-state index in [1.165, 1.54) is 12.1 Å². The first kappa shape index (κ1) is 23.7. The summed E-state index contributed by atoms with van der Waals surface area (Å²) in [6, 6.07) is 22.2. The van der Waals surface area contributed by atoms with Crippen LogP contribution in [0, 0.1) is 18.3 Å². The number of rotatable bonds is 4. The molecule has 5 rings (SSSR count). The first-order chi connectivity index (χ1) is 16.6. The number of aryl methyl sites for hydroxylation is 1. The molecule has 4 N–H and O–H groups in total. The zero-order valence-corrected chi connectivity index (χ0v) is 21.9. The molecule has 10 heteroatoms. The summed E-state index contributed by atoms with van der Waals surface area (Å²) in [5, 5.41) is 18.3.